The largest absolute Gasteiger partial charge is 0.477 e. The number of carboxylic acid groups (broad SMARTS) is 1. The summed E-state index contributed by atoms with van der Waals surface area (Å²) in [5.74, 6) is -0.0770. The van der Waals surface area contributed by atoms with Crippen LogP contribution in [0.2, 0.25) is 5.02 Å². The fraction of sp³-hybridized carbons (Fsp3) is 0.267. The number of hydrogen-bond donors (Lipinski definition) is 1. The molecule has 0 aliphatic heterocycles. The van der Waals surface area contributed by atoms with Crippen LogP contribution in [0.5, 0.6) is 0 Å². The normalized spacial score (nSPS) is 10.4. The van der Waals surface area contributed by atoms with Gasteiger partial charge >= 0.3 is 5.97 Å². The number of rotatable bonds is 5. The van der Waals surface area contributed by atoms with Crippen molar-refractivity contribution < 1.29 is 9.90 Å². The lowest BCUT2D eigenvalue weighted by Gasteiger charge is -2.20. The first-order valence-electron chi connectivity index (χ1n) is 6.68. The summed E-state index contributed by atoms with van der Waals surface area (Å²) >= 11 is 5.86. The maximum Gasteiger partial charge on any atom is 0.354 e. The summed E-state index contributed by atoms with van der Waals surface area (Å²) in [4.78, 5) is 21.8. The molecule has 6 heteroatoms. The fourth-order valence-electron chi connectivity index (χ4n) is 1.98. The molecule has 5 nitrogen and oxygen atoms in total. The van der Waals surface area contributed by atoms with Crippen LogP contribution in [0, 0.1) is 0 Å². The van der Waals surface area contributed by atoms with Crippen molar-refractivity contribution in [2.75, 3.05) is 18.0 Å². The predicted octanol–water partition coefficient (Wildman–Crippen LogP) is 3.34. The van der Waals surface area contributed by atoms with Crippen LogP contribution in [0.4, 0.5) is 5.82 Å². The SMILES string of the molecule is CCN(CC)c1cc(C(=O)O)nc(-c2ccc(Cl)cc2)n1. The van der Waals surface area contributed by atoms with Gasteiger partial charge in [0.2, 0.25) is 0 Å². The Balaban J connectivity index is 2.54. The zero-order valence-corrected chi connectivity index (χ0v) is 12.6. The lowest BCUT2D eigenvalue weighted by atomic mass is 10.2. The van der Waals surface area contributed by atoms with Crippen molar-refractivity contribution in [1.82, 2.24) is 9.97 Å². The van der Waals surface area contributed by atoms with E-state index in [4.69, 9.17) is 11.6 Å². The quantitative estimate of drug-likeness (QED) is 0.917. The highest BCUT2D eigenvalue weighted by Crippen LogP contribution is 2.22. The van der Waals surface area contributed by atoms with E-state index in [1.807, 2.05) is 18.7 Å². The number of hydrogen-bond acceptors (Lipinski definition) is 4. The van der Waals surface area contributed by atoms with Crippen LogP contribution in [0.25, 0.3) is 11.4 Å². The van der Waals surface area contributed by atoms with Crippen LogP contribution in [0.15, 0.2) is 30.3 Å². The van der Waals surface area contributed by atoms with Gasteiger partial charge in [-0.05, 0) is 38.1 Å². The first kappa shape index (κ1) is 15.3. The zero-order valence-electron chi connectivity index (χ0n) is 11.9. The Bertz CT molecular complexity index is 640. The third kappa shape index (κ3) is 3.49. The second-order valence-electron chi connectivity index (χ2n) is 4.42. The highest BCUT2D eigenvalue weighted by Gasteiger charge is 2.14. The van der Waals surface area contributed by atoms with Gasteiger partial charge in [0.05, 0.1) is 0 Å². The Morgan fingerprint density at radius 2 is 1.81 bits per heavy atom. The van der Waals surface area contributed by atoms with Gasteiger partial charge in [0.15, 0.2) is 11.5 Å². The minimum atomic E-state index is -1.07. The summed E-state index contributed by atoms with van der Waals surface area (Å²) in [6, 6.07) is 8.49. The number of carboxylic acids is 1. The van der Waals surface area contributed by atoms with Crippen LogP contribution in [0.3, 0.4) is 0 Å². The van der Waals surface area contributed by atoms with Gasteiger partial charge < -0.3 is 10.0 Å². The molecule has 21 heavy (non-hydrogen) atoms. The molecule has 0 bridgehead atoms. The average molecular weight is 306 g/mol. The van der Waals surface area contributed by atoms with E-state index in [0.29, 0.717) is 16.7 Å². The molecular formula is C15H16ClN3O2. The maximum atomic E-state index is 11.3. The van der Waals surface area contributed by atoms with Crippen LogP contribution >= 0.6 is 11.6 Å². The van der Waals surface area contributed by atoms with Gasteiger partial charge in [-0.1, -0.05) is 11.6 Å². The van der Waals surface area contributed by atoms with Crippen LogP contribution < -0.4 is 4.90 Å². The molecule has 110 valence electrons. The second-order valence-corrected chi connectivity index (χ2v) is 4.86. The molecule has 0 amide bonds. The smallest absolute Gasteiger partial charge is 0.354 e. The van der Waals surface area contributed by atoms with Crippen molar-refractivity contribution in [2.24, 2.45) is 0 Å². The van der Waals surface area contributed by atoms with E-state index in [2.05, 4.69) is 9.97 Å². The Labute approximate surface area is 128 Å². The number of benzene rings is 1. The van der Waals surface area contributed by atoms with Crippen molar-refractivity contribution in [3.8, 4) is 11.4 Å². The molecule has 1 aromatic carbocycles. The van der Waals surface area contributed by atoms with Crippen LogP contribution in [-0.4, -0.2) is 34.1 Å². The number of aromatic nitrogens is 2. The summed E-state index contributed by atoms with van der Waals surface area (Å²) in [6.45, 7) is 5.47. The van der Waals surface area contributed by atoms with Gasteiger partial charge in [0, 0.05) is 29.7 Å². The lowest BCUT2D eigenvalue weighted by molar-refractivity contribution is 0.0690. The van der Waals surface area contributed by atoms with E-state index < -0.39 is 5.97 Å². The third-order valence-corrected chi connectivity index (χ3v) is 3.37. The summed E-state index contributed by atoms with van der Waals surface area (Å²) in [6.07, 6.45) is 0. The van der Waals surface area contributed by atoms with Crippen molar-refractivity contribution in [2.45, 2.75) is 13.8 Å². The van der Waals surface area contributed by atoms with Crippen LogP contribution in [-0.2, 0) is 0 Å². The average Bonchev–Trinajstić information content (AvgIpc) is 2.49. The molecule has 1 N–H and O–H groups in total. The molecule has 0 atom stereocenters. The number of carbonyl (C=O) groups is 1. The standard InChI is InChI=1S/C15H16ClN3O2/c1-3-19(4-2)13-9-12(15(20)21)17-14(18-13)10-5-7-11(16)8-6-10/h5-9H,3-4H2,1-2H3,(H,20,21). The Morgan fingerprint density at radius 3 is 2.33 bits per heavy atom. The van der Waals surface area contributed by atoms with Gasteiger partial charge in [-0.3, -0.25) is 0 Å². The lowest BCUT2D eigenvalue weighted by Crippen LogP contribution is -2.24. The van der Waals surface area contributed by atoms with E-state index in [9.17, 15) is 9.90 Å². The molecule has 0 aliphatic carbocycles. The minimum absolute atomic E-state index is 0.0168. The van der Waals surface area contributed by atoms with Gasteiger partial charge in [0.25, 0.3) is 0 Å². The summed E-state index contributed by atoms with van der Waals surface area (Å²) in [5, 5.41) is 9.83. The number of anilines is 1. The summed E-state index contributed by atoms with van der Waals surface area (Å²) < 4.78 is 0. The molecule has 0 radical (unpaired) electrons. The Morgan fingerprint density at radius 1 is 1.19 bits per heavy atom. The molecule has 0 aliphatic rings. The highest BCUT2D eigenvalue weighted by molar-refractivity contribution is 6.30. The molecule has 0 fully saturated rings. The second kappa shape index (κ2) is 6.54. The van der Waals surface area contributed by atoms with Crippen molar-refractivity contribution in [3.63, 3.8) is 0 Å². The molecule has 0 saturated heterocycles. The highest BCUT2D eigenvalue weighted by atomic mass is 35.5. The van der Waals surface area contributed by atoms with Crippen molar-refractivity contribution >= 4 is 23.4 Å². The zero-order chi connectivity index (χ0) is 15.4. The van der Waals surface area contributed by atoms with Crippen LogP contribution in [0.1, 0.15) is 24.3 Å². The van der Waals surface area contributed by atoms with Gasteiger partial charge in [0.1, 0.15) is 5.82 Å². The molecule has 0 unspecified atom stereocenters. The molecular weight excluding hydrogens is 290 g/mol. The summed E-state index contributed by atoms with van der Waals surface area (Å²) in [5.41, 5.74) is 0.716. The van der Waals surface area contributed by atoms with E-state index in [-0.39, 0.29) is 5.69 Å². The Kier molecular flexibility index (Phi) is 4.75. The molecule has 2 rings (SSSR count). The Hall–Kier alpha value is -2.14. The van der Waals surface area contributed by atoms with Crippen molar-refractivity contribution in [1.29, 1.82) is 0 Å². The minimum Gasteiger partial charge on any atom is -0.477 e. The maximum absolute atomic E-state index is 11.3. The van der Waals surface area contributed by atoms with Gasteiger partial charge in [-0.2, -0.15) is 0 Å². The first-order chi connectivity index (χ1) is 10.0. The fourth-order valence-corrected chi connectivity index (χ4v) is 2.11. The predicted molar refractivity (Wildman–Crippen MR) is 83.0 cm³/mol. The molecule has 1 heterocycles. The molecule has 1 aromatic heterocycles. The number of aromatic carboxylic acids is 1. The van der Waals surface area contributed by atoms with Gasteiger partial charge in [-0.25, -0.2) is 14.8 Å². The molecule has 0 saturated carbocycles. The molecule has 0 spiro atoms. The topological polar surface area (TPSA) is 66.3 Å². The summed E-state index contributed by atoms with van der Waals surface area (Å²) in [7, 11) is 0. The third-order valence-electron chi connectivity index (χ3n) is 3.12. The van der Waals surface area contributed by atoms with Gasteiger partial charge in [-0.15, -0.1) is 0 Å². The first-order valence-corrected chi connectivity index (χ1v) is 7.06. The number of halogens is 1. The number of nitrogens with zero attached hydrogens (tertiary/aromatic N) is 3. The van der Waals surface area contributed by atoms with E-state index in [0.717, 1.165) is 18.7 Å². The van der Waals surface area contributed by atoms with E-state index >= 15 is 0 Å². The van der Waals surface area contributed by atoms with E-state index in [1.54, 1.807) is 24.3 Å². The molecule has 2 aromatic rings. The monoisotopic (exact) mass is 305 g/mol. The van der Waals surface area contributed by atoms with Crippen molar-refractivity contribution in [3.05, 3.63) is 41.0 Å². The van der Waals surface area contributed by atoms with E-state index in [1.165, 1.54) is 6.07 Å².